The fraction of sp³-hybridized carbons (Fsp3) is 0.350. The van der Waals surface area contributed by atoms with Crippen LogP contribution >= 0.6 is 0 Å². The molecule has 172 valence electrons. The van der Waals surface area contributed by atoms with Crippen molar-refractivity contribution in [2.75, 3.05) is 29.3 Å². The second-order valence-electron chi connectivity index (χ2n) is 7.12. The molecule has 3 rings (SSSR count). The number of rotatable bonds is 7. The molecule has 32 heavy (non-hydrogen) atoms. The first-order valence-electron chi connectivity index (χ1n) is 9.75. The number of pyridine rings is 1. The highest BCUT2D eigenvalue weighted by Crippen LogP contribution is 2.28. The summed E-state index contributed by atoms with van der Waals surface area (Å²) in [5.41, 5.74) is -0.449. The Labute approximate surface area is 183 Å². The van der Waals surface area contributed by atoms with Gasteiger partial charge < -0.3 is 14.7 Å². The summed E-state index contributed by atoms with van der Waals surface area (Å²) in [5, 5.41) is 9.64. The summed E-state index contributed by atoms with van der Waals surface area (Å²) in [7, 11) is -4.32. The molecule has 1 saturated heterocycles. The molecule has 1 aliphatic rings. The first-order valence-corrected chi connectivity index (χ1v) is 11.2. The van der Waals surface area contributed by atoms with Gasteiger partial charge in [-0.25, -0.2) is 27.0 Å². The Morgan fingerprint density at radius 3 is 2.69 bits per heavy atom. The molecule has 0 radical (unpaired) electrons. The van der Waals surface area contributed by atoms with Crippen molar-refractivity contribution in [1.29, 1.82) is 0 Å². The topological polar surface area (TPSA) is 126 Å². The summed E-state index contributed by atoms with van der Waals surface area (Å²) in [6.45, 7) is 2.61. The Hall–Kier alpha value is -3.28. The number of nitrogens with one attached hydrogen (secondary N) is 1. The number of aromatic nitrogens is 1. The van der Waals surface area contributed by atoms with Gasteiger partial charge in [0.05, 0.1) is 29.3 Å². The number of piperidine rings is 1. The average Bonchev–Trinajstić information content (AvgIpc) is 2.75. The number of hydrogen-bond donors (Lipinski definition) is 2. The average molecular weight is 469 g/mol. The molecule has 0 aliphatic carbocycles. The summed E-state index contributed by atoms with van der Waals surface area (Å²) in [5.74, 6) is -4.61. The van der Waals surface area contributed by atoms with Gasteiger partial charge in [0.2, 0.25) is 0 Å². The second kappa shape index (κ2) is 9.47. The van der Waals surface area contributed by atoms with Crippen molar-refractivity contribution in [2.24, 2.45) is 5.92 Å². The molecule has 0 spiro atoms. The number of carboxylic acids is 1. The molecule has 9 nitrogen and oxygen atoms in total. The Kier molecular flexibility index (Phi) is 6.92. The first-order chi connectivity index (χ1) is 15.1. The molecule has 1 aliphatic heterocycles. The Balaban J connectivity index is 1.87. The van der Waals surface area contributed by atoms with Crippen molar-refractivity contribution >= 4 is 33.5 Å². The quantitative estimate of drug-likeness (QED) is 0.593. The zero-order valence-electron chi connectivity index (χ0n) is 17.0. The van der Waals surface area contributed by atoms with Gasteiger partial charge in [0.15, 0.2) is 11.6 Å². The number of benzene rings is 1. The fourth-order valence-electron chi connectivity index (χ4n) is 3.40. The van der Waals surface area contributed by atoms with E-state index >= 15 is 0 Å². The van der Waals surface area contributed by atoms with Gasteiger partial charge >= 0.3 is 11.9 Å². The molecule has 1 fully saturated rings. The van der Waals surface area contributed by atoms with Gasteiger partial charge in [-0.3, -0.25) is 9.52 Å². The standard InChI is InChI=1S/C20H21F2N3O6S/c1-2-31-20(28)12-4-3-7-25(11-12)18-15(19(26)27)8-13(10-23-18)24-32(29,30)14-5-6-16(21)17(22)9-14/h5-6,8-10,12,24H,2-4,7,11H2,1H3,(H,26,27). The maximum absolute atomic E-state index is 13.4. The minimum atomic E-state index is -4.32. The highest BCUT2D eigenvalue weighted by Gasteiger charge is 2.30. The van der Waals surface area contributed by atoms with Gasteiger partial charge in [-0.05, 0) is 44.0 Å². The highest BCUT2D eigenvalue weighted by atomic mass is 32.2. The van der Waals surface area contributed by atoms with Crippen molar-refractivity contribution in [1.82, 2.24) is 4.98 Å². The van der Waals surface area contributed by atoms with E-state index in [-0.39, 0.29) is 36.2 Å². The van der Waals surface area contributed by atoms with Gasteiger partial charge in [-0.2, -0.15) is 0 Å². The molecule has 12 heteroatoms. The largest absolute Gasteiger partial charge is 0.478 e. The number of anilines is 2. The van der Waals surface area contributed by atoms with Crippen LogP contribution < -0.4 is 9.62 Å². The minimum Gasteiger partial charge on any atom is -0.478 e. The molecule has 0 bridgehead atoms. The third kappa shape index (κ3) is 5.13. The maximum atomic E-state index is 13.4. The Bertz CT molecular complexity index is 1140. The number of carbonyl (C=O) groups is 2. The van der Waals surface area contributed by atoms with E-state index in [1.807, 2.05) is 0 Å². The smallest absolute Gasteiger partial charge is 0.339 e. The van der Waals surface area contributed by atoms with Crippen LogP contribution in [0.4, 0.5) is 20.3 Å². The molecule has 1 aromatic carbocycles. The van der Waals surface area contributed by atoms with Crippen LogP contribution in [0.25, 0.3) is 0 Å². The van der Waals surface area contributed by atoms with E-state index < -0.39 is 38.4 Å². The molecule has 0 amide bonds. The lowest BCUT2D eigenvalue weighted by molar-refractivity contribution is -0.148. The van der Waals surface area contributed by atoms with Crippen LogP contribution in [0.15, 0.2) is 35.4 Å². The molecule has 1 atom stereocenters. The van der Waals surface area contributed by atoms with Crippen LogP contribution in [-0.2, 0) is 19.6 Å². The molecule has 1 unspecified atom stereocenters. The number of sulfonamides is 1. The van der Waals surface area contributed by atoms with Crippen LogP contribution in [0, 0.1) is 17.6 Å². The molecule has 1 aromatic heterocycles. The summed E-state index contributed by atoms with van der Waals surface area (Å²) in [6, 6.07) is 3.14. The summed E-state index contributed by atoms with van der Waals surface area (Å²) in [4.78, 5) is 29.1. The molecule has 2 heterocycles. The molecular formula is C20H21F2N3O6S. The third-order valence-electron chi connectivity index (χ3n) is 4.89. The second-order valence-corrected chi connectivity index (χ2v) is 8.80. The lowest BCUT2D eigenvalue weighted by Gasteiger charge is -2.33. The van der Waals surface area contributed by atoms with E-state index in [0.717, 1.165) is 18.3 Å². The number of aromatic carboxylic acids is 1. The summed E-state index contributed by atoms with van der Waals surface area (Å²) in [6.07, 6.45) is 2.34. The van der Waals surface area contributed by atoms with E-state index in [1.54, 1.807) is 11.8 Å². The number of carbonyl (C=O) groups excluding carboxylic acids is 1. The van der Waals surface area contributed by atoms with Gasteiger partial charge in [-0.15, -0.1) is 0 Å². The van der Waals surface area contributed by atoms with Crippen LogP contribution in [-0.4, -0.2) is 50.1 Å². The van der Waals surface area contributed by atoms with E-state index in [1.165, 1.54) is 0 Å². The molecular weight excluding hydrogens is 448 g/mol. The maximum Gasteiger partial charge on any atom is 0.339 e. The van der Waals surface area contributed by atoms with Crippen molar-refractivity contribution in [3.8, 4) is 0 Å². The molecule has 2 aromatic rings. The monoisotopic (exact) mass is 469 g/mol. The Morgan fingerprint density at radius 2 is 2.03 bits per heavy atom. The summed E-state index contributed by atoms with van der Waals surface area (Å²) < 4.78 is 58.6. The SMILES string of the molecule is CCOC(=O)C1CCCN(c2ncc(NS(=O)(=O)c3ccc(F)c(F)c3)cc2C(=O)O)C1. The van der Waals surface area contributed by atoms with Crippen molar-refractivity contribution in [3.63, 3.8) is 0 Å². The predicted octanol–water partition coefficient (Wildman–Crippen LogP) is 2.64. The van der Waals surface area contributed by atoms with E-state index in [9.17, 15) is 31.9 Å². The molecule has 2 N–H and O–H groups in total. The van der Waals surface area contributed by atoms with Crippen LogP contribution in [0.2, 0.25) is 0 Å². The summed E-state index contributed by atoms with van der Waals surface area (Å²) >= 11 is 0. The van der Waals surface area contributed by atoms with Crippen LogP contribution in [0.3, 0.4) is 0 Å². The predicted molar refractivity (Wildman–Crippen MR) is 110 cm³/mol. The van der Waals surface area contributed by atoms with E-state index in [2.05, 4.69) is 9.71 Å². The zero-order valence-corrected chi connectivity index (χ0v) is 17.9. The minimum absolute atomic E-state index is 0.0854. The van der Waals surface area contributed by atoms with Gasteiger partial charge in [-0.1, -0.05) is 0 Å². The van der Waals surface area contributed by atoms with E-state index in [4.69, 9.17) is 4.74 Å². The number of hydrogen-bond acceptors (Lipinski definition) is 7. The van der Waals surface area contributed by atoms with Gasteiger partial charge in [0.25, 0.3) is 10.0 Å². The lowest BCUT2D eigenvalue weighted by Crippen LogP contribution is -2.40. The zero-order chi connectivity index (χ0) is 23.5. The normalized spacial score (nSPS) is 16.5. The number of carboxylic acid groups (broad SMARTS) is 1. The number of nitrogens with zero attached hydrogens (tertiary/aromatic N) is 2. The highest BCUT2D eigenvalue weighted by molar-refractivity contribution is 7.92. The van der Waals surface area contributed by atoms with Crippen molar-refractivity contribution in [3.05, 3.63) is 47.7 Å². The molecule has 0 saturated carbocycles. The number of halogens is 2. The number of esters is 1. The third-order valence-corrected chi connectivity index (χ3v) is 6.27. The van der Waals surface area contributed by atoms with Crippen LogP contribution in [0.5, 0.6) is 0 Å². The van der Waals surface area contributed by atoms with Gasteiger partial charge in [0, 0.05) is 13.1 Å². The fourth-order valence-corrected chi connectivity index (χ4v) is 4.45. The van der Waals surface area contributed by atoms with Crippen molar-refractivity contribution < 1.29 is 36.6 Å². The van der Waals surface area contributed by atoms with Crippen molar-refractivity contribution in [2.45, 2.75) is 24.7 Å². The van der Waals surface area contributed by atoms with Gasteiger partial charge in [0.1, 0.15) is 11.4 Å². The number of ether oxygens (including phenoxy) is 1. The van der Waals surface area contributed by atoms with Crippen LogP contribution in [0.1, 0.15) is 30.1 Å². The Morgan fingerprint density at radius 1 is 1.28 bits per heavy atom. The first kappa shape index (κ1) is 23.4. The van der Waals surface area contributed by atoms with E-state index in [0.29, 0.717) is 31.5 Å². The lowest BCUT2D eigenvalue weighted by atomic mass is 9.98.